The van der Waals surface area contributed by atoms with E-state index in [1.54, 1.807) is 18.2 Å². The van der Waals surface area contributed by atoms with Gasteiger partial charge in [-0.1, -0.05) is 18.2 Å². The van der Waals surface area contributed by atoms with Gasteiger partial charge in [0.1, 0.15) is 11.3 Å². The number of nitrogens with zero attached hydrogens (tertiary/aromatic N) is 1. The summed E-state index contributed by atoms with van der Waals surface area (Å²) in [7, 11) is 0. The summed E-state index contributed by atoms with van der Waals surface area (Å²) in [4.78, 5) is 40.4. The topological polar surface area (TPSA) is 119 Å². The molecule has 2 N–H and O–H groups in total. The van der Waals surface area contributed by atoms with Gasteiger partial charge >= 0.3 is 5.97 Å². The molecule has 0 spiro atoms. The highest BCUT2D eigenvalue weighted by Crippen LogP contribution is 2.42. The lowest BCUT2D eigenvalue weighted by Gasteiger charge is -2.36. The van der Waals surface area contributed by atoms with Crippen LogP contribution in [0.2, 0.25) is 0 Å². The van der Waals surface area contributed by atoms with Crippen LogP contribution in [0.15, 0.2) is 35.2 Å². The Morgan fingerprint density at radius 1 is 1.22 bits per heavy atom. The molecule has 1 aliphatic heterocycles. The number of aliphatic carboxylic acids is 2. The molecule has 0 aliphatic carbocycles. The number of carboxylic acids is 2. The van der Waals surface area contributed by atoms with E-state index in [9.17, 15) is 37.8 Å². The highest BCUT2D eigenvalue weighted by molar-refractivity contribution is 7.96. The molecule has 2 heterocycles. The summed E-state index contributed by atoms with van der Waals surface area (Å²) in [5.74, 6) is -7.69. The molecule has 4 rings (SSSR count). The van der Waals surface area contributed by atoms with Crippen molar-refractivity contribution in [3.63, 3.8) is 0 Å². The van der Waals surface area contributed by atoms with Crippen molar-refractivity contribution < 1.29 is 37.8 Å². The Labute approximate surface area is 185 Å². The second-order valence-electron chi connectivity index (χ2n) is 7.10. The van der Waals surface area contributed by atoms with Crippen molar-refractivity contribution in [2.24, 2.45) is 0 Å². The van der Waals surface area contributed by atoms with E-state index >= 15 is 0 Å². The van der Waals surface area contributed by atoms with E-state index in [1.807, 2.05) is 0 Å². The fourth-order valence-corrected chi connectivity index (χ4v) is 6.58. The summed E-state index contributed by atoms with van der Waals surface area (Å²) < 4.78 is 44.2. The fourth-order valence-electron chi connectivity index (χ4n) is 3.72. The summed E-state index contributed by atoms with van der Waals surface area (Å²) >= 11 is -0.547. The molecule has 0 radical (unpaired) electrons. The number of benzene rings is 2. The number of carbonyl (C=O) groups is 3. The van der Waals surface area contributed by atoms with Crippen molar-refractivity contribution in [1.82, 2.24) is 9.71 Å². The second-order valence-corrected chi connectivity index (χ2v) is 9.90. The van der Waals surface area contributed by atoms with Gasteiger partial charge in [0.2, 0.25) is 5.75 Å². The van der Waals surface area contributed by atoms with Crippen LogP contribution in [0.5, 0.6) is 0 Å². The zero-order valence-electron chi connectivity index (χ0n) is 16.0. The van der Waals surface area contributed by atoms with E-state index in [2.05, 4.69) is 9.71 Å². The molecule has 0 saturated heterocycles. The summed E-state index contributed by atoms with van der Waals surface area (Å²) in [5, 5.41) is 20.8. The van der Waals surface area contributed by atoms with Crippen molar-refractivity contribution in [3.8, 4) is 0 Å². The predicted octanol–water partition coefficient (Wildman–Crippen LogP) is 1.44. The largest absolute Gasteiger partial charge is 0.550 e. The van der Waals surface area contributed by atoms with Gasteiger partial charge < -0.3 is 15.0 Å². The third kappa shape index (κ3) is 3.69. The highest BCUT2D eigenvalue weighted by Gasteiger charge is 2.53. The number of halogens is 3. The van der Waals surface area contributed by atoms with E-state index in [1.165, 1.54) is 6.07 Å². The first-order valence-electron chi connectivity index (χ1n) is 9.08. The van der Waals surface area contributed by atoms with E-state index in [0.29, 0.717) is 22.3 Å². The second kappa shape index (κ2) is 8.10. The number of hydrogen-bond donors (Lipinski definition) is 2. The van der Waals surface area contributed by atoms with Crippen LogP contribution in [0, 0.1) is 17.5 Å². The van der Waals surface area contributed by atoms with Gasteiger partial charge in [-0.25, -0.2) is 22.9 Å². The maximum absolute atomic E-state index is 14.1. The van der Waals surface area contributed by atoms with E-state index < -0.39 is 69.5 Å². The third-order valence-corrected chi connectivity index (χ3v) is 7.96. The lowest BCUT2D eigenvalue weighted by molar-refractivity contribution is -0.307. The summed E-state index contributed by atoms with van der Waals surface area (Å²) in [6.45, 7) is 0. The Balaban J connectivity index is 1.88. The molecule has 32 heavy (non-hydrogen) atoms. The minimum Gasteiger partial charge on any atom is -0.550 e. The smallest absolute Gasteiger partial charge is 0.356 e. The average molecular weight is 482 g/mol. The molecule has 1 aliphatic rings. The summed E-state index contributed by atoms with van der Waals surface area (Å²) in [5.41, 5.74) is -2.05. The first-order chi connectivity index (χ1) is 15.1. The Kier molecular flexibility index (Phi) is 5.59. The Morgan fingerprint density at radius 3 is 2.62 bits per heavy atom. The van der Waals surface area contributed by atoms with E-state index in [0.717, 1.165) is 0 Å². The van der Waals surface area contributed by atoms with Gasteiger partial charge in [-0.15, -0.1) is 11.3 Å². The van der Waals surface area contributed by atoms with Crippen molar-refractivity contribution >= 4 is 50.5 Å². The number of carboxylic acid groups (broad SMARTS) is 2. The lowest BCUT2D eigenvalue weighted by Crippen LogP contribution is -2.56. The number of thiazole rings is 1. The molecule has 12 heteroatoms. The van der Waals surface area contributed by atoms with Crippen LogP contribution in [0.25, 0.3) is 10.2 Å². The predicted molar refractivity (Wildman–Crippen MR) is 107 cm³/mol. The van der Waals surface area contributed by atoms with Gasteiger partial charge in [0.05, 0.1) is 15.1 Å². The van der Waals surface area contributed by atoms with Crippen LogP contribution in [-0.4, -0.2) is 33.7 Å². The first-order valence-corrected chi connectivity index (χ1v) is 11.3. The van der Waals surface area contributed by atoms with Crippen molar-refractivity contribution in [2.75, 3.05) is 5.75 Å². The van der Waals surface area contributed by atoms with Crippen molar-refractivity contribution in [1.29, 1.82) is 0 Å². The van der Waals surface area contributed by atoms with Crippen LogP contribution in [0.1, 0.15) is 17.0 Å². The van der Waals surface area contributed by atoms with Crippen LogP contribution < -0.4 is 9.83 Å². The lowest BCUT2D eigenvalue weighted by atomic mass is 9.74. The van der Waals surface area contributed by atoms with Gasteiger partial charge in [0, 0.05) is 30.4 Å². The molecule has 7 nitrogen and oxygen atoms in total. The van der Waals surface area contributed by atoms with Crippen LogP contribution in [-0.2, 0) is 37.3 Å². The number of fused-ring (bicyclic) bond motifs is 2. The first kappa shape index (κ1) is 22.1. The monoisotopic (exact) mass is 482 g/mol. The maximum Gasteiger partial charge on any atom is 0.356 e. The number of carbonyl (C=O) groups excluding carboxylic acids is 2. The van der Waals surface area contributed by atoms with Gasteiger partial charge in [-0.2, -0.15) is 4.72 Å². The number of amides is 1. The van der Waals surface area contributed by atoms with Crippen LogP contribution >= 0.6 is 11.3 Å². The number of nitrogens with one attached hydrogen (secondary N) is 1. The number of rotatable bonds is 6. The van der Waals surface area contributed by atoms with E-state index in [-0.39, 0.29) is 21.7 Å². The minimum atomic E-state index is -1.77. The number of hydrogen-bond acceptors (Lipinski definition) is 6. The van der Waals surface area contributed by atoms with Crippen LogP contribution in [0.3, 0.4) is 0 Å². The Morgan fingerprint density at radius 2 is 1.94 bits per heavy atom. The molecule has 0 bridgehead atoms. The van der Waals surface area contributed by atoms with Gasteiger partial charge in [0.15, 0.2) is 27.6 Å². The normalized spacial score (nSPS) is 20.1. The maximum atomic E-state index is 14.1. The third-order valence-electron chi connectivity index (χ3n) is 5.04. The quantitative estimate of drug-likeness (QED) is 0.405. The molecule has 3 aromatic rings. The average Bonchev–Trinajstić information content (AvgIpc) is 3.14. The number of aromatic nitrogens is 1. The van der Waals surface area contributed by atoms with Crippen molar-refractivity contribution in [3.05, 3.63) is 58.4 Å². The van der Waals surface area contributed by atoms with Gasteiger partial charge in [-0.3, -0.25) is 4.79 Å². The van der Waals surface area contributed by atoms with Gasteiger partial charge in [-0.05, 0) is 6.07 Å². The highest BCUT2D eigenvalue weighted by atomic mass is 32.2. The molecule has 1 amide bonds. The van der Waals surface area contributed by atoms with Gasteiger partial charge in [0.25, 0.3) is 5.91 Å². The molecular formula is C20H13F3N2O5S2. The molecule has 2 atom stereocenters. The molecule has 1 aromatic heterocycles. The molecule has 2 unspecified atom stereocenters. The standard InChI is InChI=1S/C20H13F3N2O5S2/c21-10-5-11(22)18-17(16(10)23)24-13(31-18)6-20(7-14(26)27)9-3-1-2-4-12(9)32(8-15(28)29)25-19(20)30/h1-5H,6-8H2,(H2-,25,26,27,28,29,30). The zero-order valence-corrected chi connectivity index (χ0v) is 17.6. The minimum absolute atomic E-state index is 0.00891. The Bertz CT molecular complexity index is 1280. The zero-order chi connectivity index (χ0) is 23.2. The molecule has 166 valence electrons. The SMILES string of the molecule is O=C([O-])CC1(Cc2nc3c(F)c(F)cc(F)c3s2)C(=O)N[S+](CC(=O)O)c2ccccc21. The fraction of sp³-hybridized carbons (Fsp3) is 0.200. The van der Waals surface area contributed by atoms with Crippen molar-refractivity contribution in [2.45, 2.75) is 23.2 Å². The molecule has 0 fully saturated rings. The molecular weight excluding hydrogens is 469 g/mol. The Hall–Kier alpha value is -3.12. The molecule has 2 aromatic carbocycles. The summed E-state index contributed by atoms with van der Waals surface area (Å²) in [6.07, 6.45) is -1.15. The van der Waals surface area contributed by atoms with Crippen LogP contribution in [0.4, 0.5) is 13.2 Å². The molecule has 0 saturated carbocycles. The summed E-state index contributed by atoms with van der Waals surface area (Å²) in [6, 6.07) is 6.66. The van der Waals surface area contributed by atoms with E-state index in [4.69, 9.17) is 0 Å².